The summed E-state index contributed by atoms with van der Waals surface area (Å²) in [5.41, 5.74) is -4.96. The predicted octanol–water partition coefficient (Wildman–Crippen LogP) is 7.00. The van der Waals surface area contributed by atoms with E-state index in [0.717, 1.165) is 6.42 Å². The molecule has 2 aromatic rings. The SMILES string of the molecule is CCOC(=O)[C@H]1C(=C2C3CC4CC(C3)CC2C4)C(=O)O[C@@]1(c1c(C)n(C)c2ccccc12)C(F)(F)C(F)(F)C(F)(F)F. The van der Waals surface area contributed by atoms with Crippen molar-refractivity contribution in [1.29, 1.82) is 0 Å². The molecule has 5 nitrogen and oxygen atoms in total. The van der Waals surface area contributed by atoms with Crippen LogP contribution in [0.3, 0.4) is 0 Å². The van der Waals surface area contributed by atoms with Crippen LogP contribution in [-0.4, -0.2) is 41.1 Å². The first-order chi connectivity index (χ1) is 19.6. The lowest BCUT2D eigenvalue weighted by molar-refractivity contribution is -0.391. The smallest absolute Gasteiger partial charge is 0.460 e. The first-order valence-electron chi connectivity index (χ1n) is 14.1. The van der Waals surface area contributed by atoms with Crippen LogP contribution in [0.2, 0.25) is 0 Å². The predicted molar refractivity (Wildman–Crippen MR) is 136 cm³/mol. The van der Waals surface area contributed by atoms with Gasteiger partial charge in [-0.2, -0.15) is 30.7 Å². The zero-order valence-corrected chi connectivity index (χ0v) is 23.2. The van der Waals surface area contributed by atoms with Crippen molar-refractivity contribution in [3.05, 3.63) is 46.7 Å². The van der Waals surface area contributed by atoms with Crippen molar-refractivity contribution in [2.24, 2.45) is 36.6 Å². The highest BCUT2D eigenvalue weighted by atomic mass is 19.4. The van der Waals surface area contributed by atoms with Gasteiger partial charge >= 0.3 is 30.0 Å². The van der Waals surface area contributed by atoms with Crippen molar-refractivity contribution in [3.63, 3.8) is 0 Å². The van der Waals surface area contributed by atoms with Crippen molar-refractivity contribution in [2.45, 2.75) is 69.6 Å². The molecule has 2 atom stereocenters. The van der Waals surface area contributed by atoms with Crippen molar-refractivity contribution < 1.29 is 49.8 Å². The third-order valence-corrected chi connectivity index (χ3v) is 10.0. The minimum atomic E-state index is -6.74. The van der Waals surface area contributed by atoms with Crippen LogP contribution in [-0.2, 0) is 31.7 Å². The molecule has 5 aliphatic rings. The molecule has 0 unspecified atom stereocenters. The Bertz CT molecular complexity index is 1480. The van der Waals surface area contributed by atoms with Crippen molar-refractivity contribution in [3.8, 4) is 0 Å². The highest BCUT2D eigenvalue weighted by Crippen LogP contribution is 2.66. The van der Waals surface area contributed by atoms with E-state index in [1.54, 1.807) is 0 Å². The van der Waals surface area contributed by atoms with Crippen LogP contribution in [0.1, 0.15) is 50.3 Å². The molecule has 12 heteroatoms. The number of halogens is 7. The van der Waals surface area contributed by atoms with E-state index in [2.05, 4.69) is 0 Å². The molecule has 0 amide bonds. The summed E-state index contributed by atoms with van der Waals surface area (Å²) in [4.78, 5) is 27.6. The summed E-state index contributed by atoms with van der Waals surface area (Å²) >= 11 is 0. The van der Waals surface area contributed by atoms with Crippen LogP contribution < -0.4 is 0 Å². The van der Waals surface area contributed by atoms with E-state index in [-0.39, 0.29) is 28.4 Å². The van der Waals surface area contributed by atoms with E-state index in [1.807, 2.05) is 0 Å². The maximum absolute atomic E-state index is 16.6. The summed E-state index contributed by atoms with van der Waals surface area (Å²) in [6.07, 6.45) is -3.30. The summed E-state index contributed by atoms with van der Waals surface area (Å²) in [7, 11) is 1.42. The molecular formula is C30H30F7NO4. The molecule has 1 aliphatic heterocycles. The summed E-state index contributed by atoms with van der Waals surface area (Å²) in [6.45, 7) is 2.20. The van der Waals surface area contributed by atoms with Crippen molar-refractivity contribution in [1.82, 2.24) is 4.57 Å². The van der Waals surface area contributed by atoms with Gasteiger partial charge in [-0.25, -0.2) is 4.79 Å². The van der Waals surface area contributed by atoms with E-state index in [4.69, 9.17) is 9.47 Å². The van der Waals surface area contributed by atoms with Crippen molar-refractivity contribution >= 4 is 22.8 Å². The first kappa shape index (κ1) is 29.0. The van der Waals surface area contributed by atoms with Gasteiger partial charge in [0.15, 0.2) is 0 Å². The van der Waals surface area contributed by atoms with Gasteiger partial charge in [0.2, 0.25) is 5.60 Å². The highest BCUT2D eigenvalue weighted by molar-refractivity contribution is 6.02. The number of rotatable bonds is 5. The quantitative estimate of drug-likeness (QED) is 0.210. The molecule has 228 valence electrons. The molecule has 42 heavy (non-hydrogen) atoms. The minimum absolute atomic E-state index is 0.145. The number of nitrogens with zero attached hydrogens (tertiary/aromatic N) is 1. The summed E-state index contributed by atoms with van der Waals surface area (Å²) in [5.74, 6) is -18.3. The fourth-order valence-electron chi connectivity index (χ4n) is 8.51. The van der Waals surface area contributed by atoms with E-state index in [1.165, 1.54) is 49.7 Å². The number of aryl methyl sites for hydroxylation is 1. The lowest BCUT2D eigenvalue weighted by atomic mass is 9.52. The molecule has 1 aromatic heterocycles. The standard InChI is InChI=1S/C30H30F7NO4/c1-4-41-26(40)24-22(21-17-10-15-9-16(12-17)13-18(21)11-15)25(39)42-27(24,28(31,32)29(33,34)30(35,36)37)23-14(2)38(3)20-8-6-5-7-19(20)23/h5-8,15-18,24H,4,9-13H2,1-3H3/t15?,16?,17?,18?,24-,27-/m1/s1. The van der Waals surface area contributed by atoms with Crippen LogP contribution in [0.25, 0.3) is 10.9 Å². The molecule has 4 saturated carbocycles. The van der Waals surface area contributed by atoms with E-state index in [0.29, 0.717) is 43.1 Å². The minimum Gasteiger partial charge on any atom is -0.465 e. The zero-order chi connectivity index (χ0) is 30.6. The van der Waals surface area contributed by atoms with Crippen LogP contribution in [0.4, 0.5) is 30.7 Å². The van der Waals surface area contributed by atoms with Crippen LogP contribution in [0.15, 0.2) is 35.4 Å². The second-order valence-electron chi connectivity index (χ2n) is 12.2. The average Bonchev–Trinajstić information content (AvgIpc) is 3.34. The molecule has 5 fully saturated rings. The van der Waals surface area contributed by atoms with E-state index < -0.39 is 59.2 Å². The molecule has 0 N–H and O–H groups in total. The van der Waals surface area contributed by atoms with Gasteiger partial charge in [0.05, 0.1) is 12.2 Å². The normalized spacial score (nSPS) is 31.3. The Balaban J connectivity index is 1.73. The Morgan fingerprint density at radius 2 is 1.57 bits per heavy atom. The maximum Gasteiger partial charge on any atom is 0.460 e. The largest absolute Gasteiger partial charge is 0.465 e. The lowest BCUT2D eigenvalue weighted by Crippen LogP contribution is -2.65. The number of aromatic nitrogens is 1. The third kappa shape index (κ3) is 3.61. The van der Waals surface area contributed by atoms with Crippen LogP contribution >= 0.6 is 0 Å². The number of alkyl halides is 7. The Morgan fingerprint density at radius 1 is 1.00 bits per heavy atom. The molecule has 0 spiro atoms. The van der Waals surface area contributed by atoms with Crippen molar-refractivity contribution in [2.75, 3.05) is 6.61 Å². The Labute approximate surface area is 237 Å². The molecule has 0 radical (unpaired) electrons. The molecular weight excluding hydrogens is 571 g/mol. The lowest BCUT2D eigenvalue weighted by Gasteiger charge is -2.52. The number of cyclic esters (lactones) is 1. The number of ether oxygens (including phenoxy) is 2. The van der Waals surface area contributed by atoms with Gasteiger partial charge in [0.1, 0.15) is 5.92 Å². The Morgan fingerprint density at radius 3 is 2.12 bits per heavy atom. The number of hydrogen-bond acceptors (Lipinski definition) is 4. The number of allylic oxidation sites excluding steroid dienone is 1. The van der Waals surface area contributed by atoms with E-state index in [9.17, 15) is 22.8 Å². The number of hydrogen-bond donors (Lipinski definition) is 0. The molecule has 1 saturated heterocycles. The molecule has 4 bridgehead atoms. The second-order valence-corrected chi connectivity index (χ2v) is 12.2. The number of para-hydroxylation sites is 1. The number of carbonyl (C=O) groups excluding carboxylic acids is 2. The molecule has 4 aliphatic carbocycles. The van der Waals surface area contributed by atoms with Gasteiger partial charge in [-0.1, -0.05) is 23.8 Å². The molecule has 1 aromatic carbocycles. The first-order valence-corrected chi connectivity index (χ1v) is 14.1. The van der Waals surface area contributed by atoms with Gasteiger partial charge in [-0.3, -0.25) is 4.79 Å². The summed E-state index contributed by atoms with van der Waals surface area (Å²) in [6, 6.07) is 5.66. The number of fused-ring (bicyclic) bond motifs is 1. The summed E-state index contributed by atoms with van der Waals surface area (Å²) in [5, 5.41) is -0.145. The number of esters is 2. The Hall–Kier alpha value is -3.05. The summed E-state index contributed by atoms with van der Waals surface area (Å²) < 4.78 is 117. The van der Waals surface area contributed by atoms with E-state index >= 15 is 17.6 Å². The second kappa shape index (κ2) is 9.22. The number of carbonyl (C=O) groups is 2. The Kier molecular flexibility index (Phi) is 6.38. The molecule has 2 heterocycles. The maximum atomic E-state index is 16.6. The zero-order valence-electron chi connectivity index (χ0n) is 23.2. The topological polar surface area (TPSA) is 57.5 Å². The monoisotopic (exact) mass is 601 g/mol. The van der Waals surface area contributed by atoms with Gasteiger partial charge in [-0.05, 0) is 75.7 Å². The van der Waals surface area contributed by atoms with Gasteiger partial charge in [-0.15, -0.1) is 0 Å². The fraction of sp³-hybridized carbons (Fsp3) is 0.600. The average molecular weight is 602 g/mol. The third-order valence-electron chi connectivity index (χ3n) is 10.0. The highest BCUT2D eigenvalue weighted by Gasteiger charge is 2.86. The van der Waals surface area contributed by atoms with Gasteiger partial charge in [0.25, 0.3) is 0 Å². The number of benzene rings is 1. The van der Waals surface area contributed by atoms with Crippen LogP contribution in [0.5, 0.6) is 0 Å². The van der Waals surface area contributed by atoms with Gasteiger partial charge < -0.3 is 14.0 Å². The molecule has 7 rings (SSSR count). The van der Waals surface area contributed by atoms with Crippen LogP contribution in [0, 0.1) is 36.5 Å². The fourth-order valence-corrected chi connectivity index (χ4v) is 8.51. The van der Waals surface area contributed by atoms with Gasteiger partial charge in [0, 0.05) is 29.2 Å².